The molecule has 2 heterocycles. The Balaban J connectivity index is 1.80. The number of aromatic nitrogens is 1. The quantitative estimate of drug-likeness (QED) is 0.629. The van der Waals surface area contributed by atoms with E-state index >= 15 is 0 Å². The third-order valence-corrected chi connectivity index (χ3v) is 3.79. The highest BCUT2D eigenvalue weighted by atomic mass is 35.5. The van der Waals surface area contributed by atoms with E-state index in [1.807, 2.05) is 36.4 Å². The number of rotatable bonds is 4. The molecule has 0 radical (unpaired) electrons. The van der Waals surface area contributed by atoms with Crippen LogP contribution in [0.15, 0.2) is 36.6 Å². The number of nitrogens with zero attached hydrogens (tertiary/aromatic N) is 1. The third kappa shape index (κ3) is 4.99. The minimum atomic E-state index is -0.242. The van der Waals surface area contributed by atoms with Crippen molar-refractivity contribution in [3.8, 4) is 0 Å². The first-order chi connectivity index (χ1) is 9.28. The standard InChI is InChI=1S/C14H16ClNO2S/c1-19-12-9-17-14(18-10-12)5-3-2-4-11-6-7-16-13(15)8-11/h2-8,12,14H,9-10H2,1H3. The predicted molar refractivity (Wildman–Crippen MR) is 80.4 cm³/mol. The fraction of sp³-hybridized carbons (Fsp3) is 0.357. The lowest BCUT2D eigenvalue weighted by atomic mass is 10.2. The largest absolute Gasteiger partial charge is 0.348 e. The van der Waals surface area contributed by atoms with Gasteiger partial charge in [-0.05, 0) is 30.0 Å². The van der Waals surface area contributed by atoms with Crippen molar-refractivity contribution >= 4 is 29.4 Å². The zero-order valence-electron chi connectivity index (χ0n) is 10.7. The van der Waals surface area contributed by atoms with Crippen molar-refractivity contribution in [2.45, 2.75) is 11.5 Å². The van der Waals surface area contributed by atoms with Gasteiger partial charge >= 0.3 is 0 Å². The zero-order chi connectivity index (χ0) is 13.5. The molecule has 0 amide bonds. The molecule has 1 fully saturated rings. The van der Waals surface area contributed by atoms with Crippen LogP contribution in [0, 0.1) is 0 Å². The summed E-state index contributed by atoms with van der Waals surface area (Å²) in [6.07, 6.45) is 11.2. The Morgan fingerprint density at radius 2 is 2.16 bits per heavy atom. The summed E-state index contributed by atoms with van der Waals surface area (Å²) < 4.78 is 11.1. The van der Waals surface area contributed by atoms with Crippen molar-refractivity contribution in [3.05, 3.63) is 47.3 Å². The van der Waals surface area contributed by atoms with Crippen LogP contribution in [0.4, 0.5) is 0 Å². The van der Waals surface area contributed by atoms with E-state index in [0.29, 0.717) is 10.4 Å². The Hall–Kier alpha value is -0.810. The molecule has 1 aliphatic rings. The number of hydrogen-bond acceptors (Lipinski definition) is 4. The van der Waals surface area contributed by atoms with E-state index in [0.717, 1.165) is 18.8 Å². The monoisotopic (exact) mass is 297 g/mol. The van der Waals surface area contributed by atoms with Gasteiger partial charge in [-0.15, -0.1) is 0 Å². The second kappa shape index (κ2) is 7.70. The van der Waals surface area contributed by atoms with Gasteiger partial charge in [-0.3, -0.25) is 0 Å². The molecule has 0 saturated carbocycles. The molecule has 1 aliphatic heterocycles. The lowest BCUT2D eigenvalue weighted by molar-refractivity contribution is -0.146. The van der Waals surface area contributed by atoms with E-state index < -0.39 is 0 Å². The Morgan fingerprint density at radius 1 is 1.37 bits per heavy atom. The van der Waals surface area contributed by atoms with Gasteiger partial charge in [0.15, 0.2) is 6.29 Å². The smallest absolute Gasteiger partial charge is 0.177 e. The van der Waals surface area contributed by atoms with E-state index in [1.165, 1.54) is 0 Å². The average molecular weight is 298 g/mol. The van der Waals surface area contributed by atoms with Gasteiger partial charge in [-0.1, -0.05) is 29.8 Å². The lowest BCUT2D eigenvalue weighted by Crippen LogP contribution is -2.32. The van der Waals surface area contributed by atoms with Crippen LogP contribution in [-0.4, -0.2) is 36.0 Å². The summed E-state index contributed by atoms with van der Waals surface area (Å²) in [6.45, 7) is 1.47. The molecule has 0 N–H and O–H groups in total. The molecule has 1 aromatic heterocycles. The Morgan fingerprint density at radius 3 is 2.84 bits per heavy atom. The number of thioether (sulfide) groups is 1. The molecular formula is C14H16ClNO2S. The molecule has 0 spiro atoms. The van der Waals surface area contributed by atoms with Crippen molar-refractivity contribution in [1.82, 2.24) is 4.98 Å². The minimum Gasteiger partial charge on any atom is -0.348 e. The van der Waals surface area contributed by atoms with Crippen LogP contribution < -0.4 is 0 Å². The number of ether oxygens (including phenoxy) is 2. The van der Waals surface area contributed by atoms with Gasteiger partial charge in [-0.2, -0.15) is 11.8 Å². The fourth-order valence-corrected chi connectivity index (χ4v) is 2.20. The third-order valence-electron chi connectivity index (χ3n) is 2.64. The van der Waals surface area contributed by atoms with E-state index in [1.54, 1.807) is 18.0 Å². The van der Waals surface area contributed by atoms with Gasteiger partial charge in [0.2, 0.25) is 0 Å². The highest BCUT2D eigenvalue weighted by Gasteiger charge is 2.18. The van der Waals surface area contributed by atoms with Crippen LogP contribution in [0.2, 0.25) is 5.15 Å². The normalized spacial score (nSPS) is 24.3. The van der Waals surface area contributed by atoms with E-state index in [9.17, 15) is 0 Å². The first-order valence-electron chi connectivity index (χ1n) is 6.00. The Bertz CT molecular complexity index is 457. The van der Waals surface area contributed by atoms with Gasteiger partial charge in [0.25, 0.3) is 0 Å². The second-order valence-electron chi connectivity index (χ2n) is 4.05. The average Bonchev–Trinajstić information content (AvgIpc) is 2.44. The summed E-state index contributed by atoms with van der Waals surface area (Å²) in [5.41, 5.74) is 1.01. The summed E-state index contributed by atoms with van der Waals surface area (Å²) in [4.78, 5) is 3.93. The highest BCUT2D eigenvalue weighted by molar-refractivity contribution is 7.99. The minimum absolute atomic E-state index is 0.242. The van der Waals surface area contributed by atoms with Crippen LogP contribution >= 0.6 is 23.4 Å². The number of pyridine rings is 1. The summed E-state index contributed by atoms with van der Waals surface area (Å²) in [7, 11) is 0. The van der Waals surface area contributed by atoms with Crippen molar-refractivity contribution in [2.24, 2.45) is 0 Å². The Kier molecular flexibility index (Phi) is 5.92. The van der Waals surface area contributed by atoms with E-state index in [4.69, 9.17) is 21.1 Å². The molecule has 0 atom stereocenters. The molecule has 1 aromatic rings. The lowest BCUT2D eigenvalue weighted by Gasteiger charge is -2.26. The van der Waals surface area contributed by atoms with Crippen molar-refractivity contribution < 1.29 is 9.47 Å². The summed E-state index contributed by atoms with van der Waals surface area (Å²) in [6, 6.07) is 3.70. The molecule has 19 heavy (non-hydrogen) atoms. The molecule has 0 aromatic carbocycles. The summed E-state index contributed by atoms with van der Waals surface area (Å²) >= 11 is 7.57. The molecule has 2 rings (SSSR count). The molecular weight excluding hydrogens is 282 g/mol. The van der Waals surface area contributed by atoms with Gasteiger partial charge in [0.1, 0.15) is 5.15 Å². The van der Waals surface area contributed by atoms with Crippen LogP contribution in [-0.2, 0) is 9.47 Å². The van der Waals surface area contributed by atoms with Crippen LogP contribution in [0.1, 0.15) is 5.56 Å². The van der Waals surface area contributed by atoms with E-state index in [2.05, 4.69) is 11.2 Å². The van der Waals surface area contributed by atoms with Gasteiger partial charge in [-0.25, -0.2) is 4.98 Å². The van der Waals surface area contributed by atoms with Gasteiger partial charge < -0.3 is 9.47 Å². The zero-order valence-corrected chi connectivity index (χ0v) is 12.2. The van der Waals surface area contributed by atoms with Crippen LogP contribution in [0.25, 0.3) is 6.08 Å². The van der Waals surface area contributed by atoms with Crippen LogP contribution in [0.5, 0.6) is 0 Å². The highest BCUT2D eigenvalue weighted by Crippen LogP contribution is 2.16. The topological polar surface area (TPSA) is 31.4 Å². The molecule has 5 heteroatoms. The molecule has 0 aliphatic carbocycles. The second-order valence-corrected chi connectivity index (χ2v) is 5.57. The van der Waals surface area contributed by atoms with Crippen molar-refractivity contribution in [3.63, 3.8) is 0 Å². The van der Waals surface area contributed by atoms with Gasteiger partial charge in [0, 0.05) is 6.20 Å². The number of halogens is 1. The fourth-order valence-electron chi connectivity index (χ4n) is 1.59. The molecule has 1 saturated heterocycles. The summed E-state index contributed by atoms with van der Waals surface area (Å²) in [5, 5.41) is 0.937. The number of hydrogen-bond donors (Lipinski definition) is 0. The first kappa shape index (κ1) is 14.6. The maximum atomic E-state index is 5.80. The molecule has 0 unspecified atom stereocenters. The predicted octanol–water partition coefficient (Wildman–Crippen LogP) is 3.41. The summed E-state index contributed by atoms with van der Waals surface area (Å²) in [5.74, 6) is 0. The molecule has 0 bridgehead atoms. The van der Waals surface area contributed by atoms with Crippen molar-refractivity contribution in [2.75, 3.05) is 19.5 Å². The maximum Gasteiger partial charge on any atom is 0.177 e. The SMILES string of the molecule is CSC1COC(C=CC=Cc2ccnc(Cl)c2)OC1. The number of allylic oxidation sites excluding steroid dienone is 2. The molecule has 102 valence electrons. The van der Waals surface area contributed by atoms with E-state index in [-0.39, 0.29) is 6.29 Å². The van der Waals surface area contributed by atoms with Crippen molar-refractivity contribution in [1.29, 1.82) is 0 Å². The molecule has 3 nitrogen and oxygen atoms in total. The Labute approximate surface area is 122 Å². The maximum absolute atomic E-state index is 5.80. The van der Waals surface area contributed by atoms with Gasteiger partial charge in [0.05, 0.1) is 18.5 Å². The van der Waals surface area contributed by atoms with Crippen LogP contribution in [0.3, 0.4) is 0 Å². The first-order valence-corrected chi connectivity index (χ1v) is 7.67.